The van der Waals surface area contributed by atoms with Crippen LogP contribution < -0.4 is 16.4 Å². The zero-order chi connectivity index (χ0) is 25.8. The molecule has 0 saturated carbocycles. The number of likely N-dealkylation sites (tertiary alicyclic amines) is 1. The Kier molecular flexibility index (Phi) is 7.07. The second kappa shape index (κ2) is 10.7. The van der Waals surface area contributed by atoms with Gasteiger partial charge in [0.15, 0.2) is 0 Å². The highest BCUT2D eigenvalue weighted by Gasteiger charge is 2.22. The molecule has 2 amide bonds. The highest BCUT2D eigenvalue weighted by molar-refractivity contribution is 5.98. The van der Waals surface area contributed by atoms with Gasteiger partial charge < -0.3 is 26.3 Å². The minimum Gasteiger partial charge on any atom is -0.380 e. The van der Waals surface area contributed by atoms with Crippen LogP contribution in [-0.2, 0) is 11.3 Å². The highest BCUT2D eigenvalue weighted by Crippen LogP contribution is 2.30. The minimum absolute atomic E-state index is 0.239. The molecule has 0 atom stereocenters. The number of benzene rings is 2. The van der Waals surface area contributed by atoms with Gasteiger partial charge in [0.1, 0.15) is 5.82 Å². The number of aromatic nitrogens is 2. The fourth-order valence-electron chi connectivity index (χ4n) is 4.95. The molecule has 8 heteroatoms. The molecule has 0 radical (unpaired) electrons. The number of amides is 2. The lowest BCUT2D eigenvalue weighted by molar-refractivity contribution is -0.131. The van der Waals surface area contributed by atoms with Gasteiger partial charge in [-0.15, -0.1) is 0 Å². The van der Waals surface area contributed by atoms with Gasteiger partial charge in [-0.25, -0.2) is 4.98 Å². The van der Waals surface area contributed by atoms with Crippen LogP contribution in [0.25, 0.3) is 10.9 Å². The van der Waals surface area contributed by atoms with E-state index in [4.69, 9.17) is 5.73 Å². The quantitative estimate of drug-likeness (QED) is 0.270. The molecule has 1 aliphatic rings. The summed E-state index contributed by atoms with van der Waals surface area (Å²) in [5.41, 5.74) is 10.9. The van der Waals surface area contributed by atoms with Crippen LogP contribution in [0.1, 0.15) is 53.6 Å². The first-order valence-corrected chi connectivity index (χ1v) is 12.7. The molecule has 37 heavy (non-hydrogen) atoms. The van der Waals surface area contributed by atoms with E-state index >= 15 is 0 Å². The van der Waals surface area contributed by atoms with Crippen LogP contribution in [0, 0.1) is 0 Å². The molecule has 1 aliphatic heterocycles. The molecular formula is C29H32N6O2. The van der Waals surface area contributed by atoms with E-state index in [1.165, 1.54) is 11.8 Å². The number of rotatable bonds is 8. The summed E-state index contributed by atoms with van der Waals surface area (Å²) in [6.45, 7) is 4.10. The molecule has 2 aromatic carbocycles. The van der Waals surface area contributed by atoms with E-state index in [-0.39, 0.29) is 5.91 Å². The Morgan fingerprint density at radius 3 is 2.59 bits per heavy atom. The van der Waals surface area contributed by atoms with Gasteiger partial charge >= 0.3 is 0 Å². The predicted octanol–water partition coefficient (Wildman–Crippen LogP) is 5.13. The average Bonchev–Trinajstić information content (AvgIpc) is 3.40. The van der Waals surface area contributed by atoms with Crippen molar-refractivity contribution < 1.29 is 9.59 Å². The number of nitrogens with zero attached hydrogens (tertiary/aromatic N) is 2. The van der Waals surface area contributed by atoms with Crippen molar-refractivity contribution in [3.05, 3.63) is 83.7 Å². The SMILES string of the molecule is CCC(=O)N1CCC(c2ccc(Nc3cc(NCc4ccc5[nH]ccc5c4)c(C(N)=O)cn3)cc2)CC1. The summed E-state index contributed by atoms with van der Waals surface area (Å²) in [5, 5.41) is 7.81. The van der Waals surface area contributed by atoms with E-state index in [9.17, 15) is 9.59 Å². The van der Waals surface area contributed by atoms with Crippen molar-refractivity contribution in [1.29, 1.82) is 0 Å². The number of fused-ring (bicyclic) bond motifs is 1. The van der Waals surface area contributed by atoms with E-state index < -0.39 is 5.91 Å². The second-order valence-corrected chi connectivity index (χ2v) is 9.49. The summed E-state index contributed by atoms with van der Waals surface area (Å²) in [5.74, 6) is 0.791. The third kappa shape index (κ3) is 5.58. The fourth-order valence-corrected chi connectivity index (χ4v) is 4.95. The molecule has 0 spiro atoms. The number of H-pyrrole nitrogens is 1. The molecule has 4 aromatic rings. The van der Waals surface area contributed by atoms with Gasteiger partial charge in [-0.05, 0) is 65.6 Å². The number of hydrogen-bond donors (Lipinski definition) is 4. The number of aromatic amines is 1. The van der Waals surface area contributed by atoms with E-state index in [0.717, 1.165) is 48.1 Å². The Labute approximate surface area is 216 Å². The summed E-state index contributed by atoms with van der Waals surface area (Å²) in [4.78, 5) is 33.5. The zero-order valence-corrected chi connectivity index (χ0v) is 21.0. The molecule has 8 nitrogen and oxygen atoms in total. The Hall–Kier alpha value is -4.33. The van der Waals surface area contributed by atoms with Crippen molar-refractivity contribution in [3.8, 4) is 0 Å². The van der Waals surface area contributed by atoms with E-state index in [2.05, 4.69) is 38.8 Å². The normalized spacial score (nSPS) is 14.0. The van der Waals surface area contributed by atoms with Crippen molar-refractivity contribution in [3.63, 3.8) is 0 Å². The first-order valence-electron chi connectivity index (χ1n) is 12.7. The molecule has 0 aliphatic carbocycles. The lowest BCUT2D eigenvalue weighted by Gasteiger charge is -2.32. The number of hydrogen-bond acceptors (Lipinski definition) is 5. The van der Waals surface area contributed by atoms with Crippen LogP contribution in [0.3, 0.4) is 0 Å². The number of primary amides is 1. The van der Waals surface area contributed by atoms with Crippen molar-refractivity contribution >= 4 is 39.9 Å². The summed E-state index contributed by atoms with van der Waals surface area (Å²) in [6.07, 6.45) is 5.96. The zero-order valence-electron chi connectivity index (χ0n) is 21.0. The maximum Gasteiger partial charge on any atom is 0.252 e. The van der Waals surface area contributed by atoms with Crippen LogP contribution in [0.2, 0.25) is 0 Å². The van der Waals surface area contributed by atoms with Gasteiger partial charge in [0.25, 0.3) is 5.91 Å². The number of anilines is 3. The van der Waals surface area contributed by atoms with Gasteiger partial charge in [0, 0.05) is 55.7 Å². The maximum atomic E-state index is 12.0. The van der Waals surface area contributed by atoms with Crippen LogP contribution in [0.4, 0.5) is 17.2 Å². The second-order valence-electron chi connectivity index (χ2n) is 9.49. The van der Waals surface area contributed by atoms with Crippen LogP contribution in [0.15, 0.2) is 67.0 Å². The predicted molar refractivity (Wildman–Crippen MR) is 147 cm³/mol. The Morgan fingerprint density at radius 2 is 1.86 bits per heavy atom. The third-order valence-corrected chi connectivity index (χ3v) is 7.07. The maximum absolute atomic E-state index is 12.0. The summed E-state index contributed by atoms with van der Waals surface area (Å²) in [6, 6.07) is 18.4. The lowest BCUT2D eigenvalue weighted by Crippen LogP contribution is -2.37. The summed E-state index contributed by atoms with van der Waals surface area (Å²) >= 11 is 0. The van der Waals surface area contributed by atoms with Crippen molar-refractivity contribution in [2.75, 3.05) is 23.7 Å². The van der Waals surface area contributed by atoms with Gasteiger partial charge in [0.05, 0.1) is 11.3 Å². The largest absolute Gasteiger partial charge is 0.380 e. The van der Waals surface area contributed by atoms with Gasteiger partial charge in [-0.1, -0.05) is 25.1 Å². The highest BCUT2D eigenvalue weighted by atomic mass is 16.2. The van der Waals surface area contributed by atoms with Gasteiger partial charge in [0.2, 0.25) is 5.91 Å². The molecular weight excluding hydrogens is 464 g/mol. The smallest absolute Gasteiger partial charge is 0.252 e. The summed E-state index contributed by atoms with van der Waals surface area (Å²) < 4.78 is 0. The number of pyridine rings is 1. The van der Waals surface area contributed by atoms with Gasteiger partial charge in [-0.3, -0.25) is 9.59 Å². The fraction of sp³-hybridized carbons (Fsp3) is 0.276. The molecule has 0 bridgehead atoms. The molecule has 5 N–H and O–H groups in total. The molecule has 1 saturated heterocycles. The molecule has 2 aromatic heterocycles. The molecule has 3 heterocycles. The van der Waals surface area contributed by atoms with E-state index in [1.807, 2.05) is 54.4 Å². The lowest BCUT2D eigenvalue weighted by atomic mass is 9.89. The topological polar surface area (TPSA) is 116 Å². The van der Waals surface area contributed by atoms with Crippen LogP contribution >= 0.6 is 0 Å². The number of nitrogens with one attached hydrogen (secondary N) is 3. The molecule has 1 fully saturated rings. The van der Waals surface area contributed by atoms with Crippen molar-refractivity contribution in [2.24, 2.45) is 5.73 Å². The molecule has 190 valence electrons. The van der Waals surface area contributed by atoms with Gasteiger partial charge in [-0.2, -0.15) is 0 Å². The first kappa shape index (κ1) is 24.4. The monoisotopic (exact) mass is 496 g/mol. The van der Waals surface area contributed by atoms with E-state index in [1.54, 1.807) is 0 Å². The minimum atomic E-state index is -0.529. The first-order chi connectivity index (χ1) is 18.0. The number of carbonyl (C=O) groups excluding carboxylic acids is 2. The van der Waals surface area contributed by atoms with Crippen LogP contribution in [-0.4, -0.2) is 39.8 Å². The Morgan fingerprint density at radius 1 is 1.08 bits per heavy atom. The van der Waals surface area contributed by atoms with Crippen molar-refractivity contribution in [2.45, 2.75) is 38.6 Å². The Bertz CT molecular complexity index is 1400. The number of nitrogens with two attached hydrogens (primary N) is 1. The Balaban J connectivity index is 1.25. The average molecular weight is 497 g/mol. The third-order valence-electron chi connectivity index (χ3n) is 7.07. The van der Waals surface area contributed by atoms with Crippen molar-refractivity contribution in [1.82, 2.24) is 14.9 Å². The molecule has 0 unspecified atom stereocenters. The van der Waals surface area contributed by atoms with Crippen LogP contribution in [0.5, 0.6) is 0 Å². The molecule has 5 rings (SSSR count). The van der Waals surface area contributed by atoms with E-state index in [0.29, 0.717) is 36.0 Å². The number of carbonyl (C=O) groups is 2. The summed E-state index contributed by atoms with van der Waals surface area (Å²) in [7, 11) is 0. The standard InChI is InChI=1S/C29H32N6O2/c1-2-28(36)35-13-10-21(11-14-35)20-4-6-23(7-5-20)34-27-16-26(24(18-33-27)29(30)37)32-17-19-3-8-25-22(15-19)9-12-31-25/h3-9,12,15-16,18,21,31H,2,10-11,13-14,17H2,1H3,(H2,30,37)(H2,32,33,34). The number of piperidine rings is 1.